The number of hydrogen-bond donors (Lipinski definition) is 1. The number of amides is 1. The van der Waals surface area contributed by atoms with Crippen LogP contribution in [0.3, 0.4) is 0 Å². The van der Waals surface area contributed by atoms with E-state index in [0.717, 1.165) is 5.56 Å². The summed E-state index contributed by atoms with van der Waals surface area (Å²) in [6, 6.07) is 5.41. The van der Waals surface area contributed by atoms with E-state index in [4.69, 9.17) is 9.84 Å². The van der Waals surface area contributed by atoms with Gasteiger partial charge in [0.25, 0.3) is 5.56 Å². The molecule has 1 aromatic heterocycles. The molecule has 25 heavy (non-hydrogen) atoms. The Kier molecular flexibility index (Phi) is 4.80. The number of aliphatic carboxylic acids is 1. The van der Waals surface area contributed by atoms with E-state index in [1.807, 2.05) is 13.0 Å². The van der Waals surface area contributed by atoms with E-state index in [0.29, 0.717) is 17.4 Å². The van der Waals surface area contributed by atoms with Crippen molar-refractivity contribution < 1.29 is 19.4 Å². The van der Waals surface area contributed by atoms with Crippen molar-refractivity contribution in [3.8, 4) is 0 Å². The molecule has 0 unspecified atom stereocenters. The second-order valence-electron chi connectivity index (χ2n) is 6.00. The average Bonchev–Trinajstić information content (AvgIpc) is 2.61. The number of benzene rings is 1. The van der Waals surface area contributed by atoms with E-state index in [2.05, 4.69) is 4.98 Å². The van der Waals surface area contributed by atoms with Gasteiger partial charge in [-0.1, -0.05) is 12.1 Å². The predicted molar refractivity (Wildman–Crippen MR) is 89.3 cm³/mol. The van der Waals surface area contributed by atoms with Crippen LogP contribution < -0.4 is 5.56 Å². The van der Waals surface area contributed by atoms with Gasteiger partial charge < -0.3 is 14.7 Å². The first-order chi connectivity index (χ1) is 12.0. The molecular weight excluding hydrogens is 326 g/mol. The first-order valence-corrected chi connectivity index (χ1v) is 8.04. The maximum Gasteiger partial charge on any atom is 0.334 e. The Bertz CT molecular complexity index is 876. The molecule has 0 bridgehead atoms. The predicted octanol–water partition coefficient (Wildman–Crippen LogP) is 0.407. The zero-order chi connectivity index (χ0) is 18.0. The van der Waals surface area contributed by atoms with E-state index in [1.54, 1.807) is 12.1 Å². The molecule has 1 aliphatic heterocycles. The Morgan fingerprint density at radius 1 is 1.40 bits per heavy atom. The Morgan fingerprint density at radius 2 is 2.20 bits per heavy atom. The number of hydrogen-bond acceptors (Lipinski definition) is 5. The smallest absolute Gasteiger partial charge is 0.334 e. The van der Waals surface area contributed by atoms with Crippen molar-refractivity contribution in [3.63, 3.8) is 0 Å². The average molecular weight is 345 g/mol. The highest BCUT2D eigenvalue weighted by Crippen LogP contribution is 2.12. The molecule has 1 amide bonds. The minimum atomic E-state index is -1.08. The lowest BCUT2D eigenvalue weighted by Crippen LogP contribution is -2.48. The van der Waals surface area contributed by atoms with Crippen LogP contribution in [0.1, 0.15) is 12.0 Å². The van der Waals surface area contributed by atoms with Crippen LogP contribution >= 0.6 is 0 Å². The van der Waals surface area contributed by atoms with Gasteiger partial charge in [-0.3, -0.25) is 14.2 Å². The molecule has 2 heterocycles. The lowest BCUT2D eigenvalue weighted by atomic mass is 10.1. The van der Waals surface area contributed by atoms with Crippen LogP contribution in [-0.2, 0) is 20.9 Å². The Balaban J connectivity index is 1.70. The zero-order valence-corrected chi connectivity index (χ0v) is 13.8. The largest absolute Gasteiger partial charge is 0.479 e. The summed E-state index contributed by atoms with van der Waals surface area (Å²) < 4.78 is 6.51. The second kappa shape index (κ2) is 7.02. The molecule has 0 aliphatic carbocycles. The molecule has 0 radical (unpaired) electrons. The maximum atomic E-state index is 12.5. The number of morpholine rings is 1. The van der Waals surface area contributed by atoms with E-state index in [9.17, 15) is 14.4 Å². The first kappa shape index (κ1) is 17.1. The number of para-hydroxylation sites is 1. The van der Waals surface area contributed by atoms with Crippen LogP contribution in [0.4, 0.5) is 0 Å². The number of rotatable bonds is 4. The summed E-state index contributed by atoms with van der Waals surface area (Å²) in [6.07, 6.45) is 0.556. The van der Waals surface area contributed by atoms with Gasteiger partial charge in [-0.15, -0.1) is 0 Å². The summed E-state index contributed by atoms with van der Waals surface area (Å²) in [5.41, 5.74) is 1.39. The molecule has 0 saturated carbocycles. The van der Waals surface area contributed by atoms with Crippen LogP contribution in [0.2, 0.25) is 0 Å². The molecular formula is C17H19N3O5. The van der Waals surface area contributed by atoms with Gasteiger partial charge in [0.05, 0.1) is 30.4 Å². The second-order valence-corrected chi connectivity index (χ2v) is 6.00. The summed E-state index contributed by atoms with van der Waals surface area (Å²) in [5.74, 6) is -1.28. The number of carboxylic acids is 1. The number of ether oxygens (including phenoxy) is 1. The van der Waals surface area contributed by atoms with Crippen molar-refractivity contribution in [1.82, 2.24) is 14.5 Å². The lowest BCUT2D eigenvalue weighted by molar-refractivity contribution is -0.159. The summed E-state index contributed by atoms with van der Waals surface area (Å²) in [5, 5.41) is 9.51. The number of fused-ring (bicyclic) bond motifs is 1. The summed E-state index contributed by atoms with van der Waals surface area (Å²) in [4.78, 5) is 41.6. The molecule has 3 rings (SSSR count). The fourth-order valence-corrected chi connectivity index (χ4v) is 2.90. The SMILES string of the molecule is Cc1cccc2c(=O)n(CCC(=O)N3CCO[C@@H](C(=O)O)C3)cnc12. The van der Waals surface area contributed by atoms with E-state index in [-0.39, 0.29) is 37.6 Å². The highest BCUT2D eigenvalue weighted by Gasteiger charge is 2.28. The molecule has 132 valence electrons. The van der Waals surface area contributed by atoms with Gasteiger partial charge in [-0.25, -0.2) is 9.78 Å². The number of nitrogens with zero attached hydrogens (tertiary/aromatic N) is 3. The summed E-state index contributed by atoms with van der Waals surface area (Å²) in [6.45, 7) is 2.66. The number of aromatic nitrogens is 2. The maximum absolute atomic E-state index is 12.5. The fourth-order valence-electron chi connectivity index (χ4n) is 2.90. The van der Waals surface area contributed by atoms with Crippen LogP contribution in [-0.4, -0.2) is 57.2 Å². The van der Waals surface area contributed by atoms with E-state index in [1.165, 1.54) is 15.8 Å². The highest BCUT2D eigenvalue weighted by atomic mass is 16.5. The van der Waals surface area contributed by atoms with Crippen molar-refractivity contribution in [1.29, 1.82) is 0 Å². The first-order valence-electron chi connectivity index (χ1n) is 8.04. The van der Waals surface area contributed by atoms with Crippen LogP contribution in [0.15, 0.2) is 29.3 Å². The van der Waals surface area contributed by atoms with Gasteiger partial charge in [-0.2, -0.15) is 0 Å². The van der Waals surface area contributed by atoms with Crippen LogP contribution in [0.5, 0.6) is 0 Å². The van der Waals surface area contributed by atoms with Crippen LogP contribution in [0, 0.1) is 6.92 Å². The van der Waals surface area contributed by atoms with Crippen molar-refractivity contribution in [2.75, 3.05) is 19.7 Å². The Labute approximate surface area is 143 Å². The third kappa shape index (κ3) is 3.53. The topological polar surface area (TPSA) is 102 Å². The summed E-state index contributed by atoms with van der Waals surface area (Å²) in [7, 11) is 0. The number of carbonyl (C=O) groups excluding carboxylic acids is 1. The van der Waals surface area contributed by atoms with E-state index >= 15 is 0 Å². The highest BCUT2D eigenvalue weighted by molar-refractivity contribution is 5.81. The third-order valence-electron chi connectivity index (χ3n) is 4.32. The quantitative estimate of drug-likeness (QED) is 0.861. The minimum Gasteiger partial charge on any atom is -0.479 e. The minimum absolute atomic E-state index is 0.0260. The number of carboxylic acid groups (broad SMARTS) is 1. The van der Waals surface area contributed by atoms with Crippen molar-refractivity contribution >= 4 is 22.8 Å². The van der Waals surface area contributed by atoms with Gasteiger partial charge in [0, 0.05) is 19.5 Å². The molecule has 1 N–H and O–H groups in total. The van der Waals surface area contributed by atoms with Crippen molar-refractivity contribution in [2.24, 2.45) is 0 Å². The molecule has 1 saturated heterocycles. The van der Waals surface area contributed by atoms with Gasteiger partial charge in [-0.05, 0) is 18.6 Å². The van der Waals surface area contributed by atoms with Gasteiger partial charge in [0.2, 0.25) is 5.91 Å². The lowest BCUT2D eigenvalue weighted by Gasteiger charge is -2.31. The van der Waals surface area contributed by atoms with Gasteiger partial charge >= 0.3 is 5.97 Å². The Hall–Kier alpha value is -2.74. The molecule has 2 aromatic rings. The monoisotopic (exact) mass is 345 g/mol. The molecule has 8 heteroatoms. The normalized spacial score (nSPS) is 17.6. The number of carbonyl (C=O) groups is 2. The zero-order valence-electron chi connectivity index (χ0n) is 13.8. The summed E-state index contributed by atoms with van der Waals surface area (Å²) >= 11 is 0. The standard InChI is InChI=1S/C17H19N3O5/c1-11-3-2-4-12-15(11)18-10-20(16(12)22)6-5-14(21)19-7-8-25-13(9-19)17(23)24/h2-4,10,13H,5-9H2,1H3,(H,23,24)/t13-/m1/s1. The molecule has 1 fully saturated rings. The molecule has 1 aliphatic rings. The Morgan fingerprint density at radius 3 is 2.96 bits per heavy atom. The van der Waals surface area contributed by atoms with Gasteiger partial charge in [0.1, 0.15) is 0 Å². The third-order valence-corrected chi connectivity index (χ3v) is 4.32. The molecule has 1 atom stereocenters. The molecule has 1 aromatic carbocycles. The molecule has 0 spiro atoms. The van der Waals surface area contributed by atoms with Crippen LogP contribution in [0.25, 0.3) is 10.9 Å². The molecule has 8 nitrogen and oxygen atoms in total. The van der Waals surface area contributed by atoms with Gasteiger partial charge in [0.15, 0.2) is 6.10 Å². The number of aryl methyl sites for hydroxylation is 2. The van der Waals surface area contributed by atoms with Crippen molar-refractivity contribution in [2.45, 2.75) is 26.0 Å². The van der Waals surface area contributed by atoms with E-state index < -0.39 is 12.1 Å². The fraction of sp³-hybridized carbons (Fsp3) is 0.412. The van der Waals surface area contributed by atoms with Crippen molar-refractivity contribution in [3.05, 3.63) is 40.4 Å².